The van der Waals surface area contributed by atoms with Gasteiger partial charge in [0.15, 0.2) is 11.8 Å². The van der Waals surface area contributed by atoms with E-state index in [1.807, 2.05) is 0 Å². The number of carboxylic acids is 1. The number of hydrogen-bond acceptors (Lipinski definition) is 5. The summed E-state index contributed by atoms with van der Waals surface area (Å²) < 4.78 is 1.61. The molecule has 4 fully saturated rings. The predicted molar refractivity (Wildman–Crippen MR) is 131 cm³/mol. The van der Waals surface area contributed by atoms with E-state index >= 15 is 0 Å². The maximum Gasteiger partial charge on any atom is 0.303 e. The number of aliphatic hydroxyl groups is 2. The van der Waals surface area contributed by atoms with Crippen LogP contribution in [0, 0.1) is 46.3 Å². The monoisotopic (exact) mass is 489 g/mol. The van der Waals surface area contributed by atoms with Gasteiger partial charge >= 0.3 is 5.97 Å². The van der Waals surface area contributed by atoms with Crippen LogP contribution in [-0.4, -0.2) is 48.3 Å². The number of aromatic nitrogens is 1. The van der Waals surface area contributed by atoms with Gasteiger partial charge in [0.05, 0.1) is 12.2 Å². The Balaban J connectivity index is 1.49. The molecule has 4 saturated carbocycles. The lowest BCUT2D eigenvalue weighted by Crippen LogP contribution is -2.61. The van der Waals surface area contributed by atoms with E-state index in [1.165, 1.54) is 12.1 Å². The van der Waals surface area contributed by atoms with Gasteiger partial charge in [0, 0.05) is 24.6 Å². The lowest BCUT2D eigenvalue weighted by molar-refractivity contribution is -0.189. The quantitative estimate of drug-likeness (QED) is 0.414. The van der Waals surface area contributed by atoms with Gasteiger partial charge in [0.1, 0.15) is 0 Å². The van der Waals surface area contributed by atoms with Gasteiger partial charge in [-0.2, -0.15) is 0 Å². The third-order valence-electron chi connectivity index (χ3n) is 11.6. The van der Waals surface area contributed by atoms with Gasteiger partial charge in [-0.05, 0) is 97.7 Å². The first-order valence-corrected chi connectivity index (χ1v) is 13.7. The van der Waals surface area contributed by atoms with Crippen LogP contribution < -0.4 is 0 Å². The van der Waals surface area contributed by atoms with Crippen molar-refractivity contribution in [3.05, 3.63) is 12.1 Å². The molecule has 0 amide bonds. The maximum atomic E-state index is 11.8. The number of carboxylic acid groups (broad SMARTS) is 1. The summed E-state index contributed by atoms with van der Waals surface area (Å²) in [6, 6.07) is 2.80. The second-order valence-corrected chi connectivity index (χ2v) is 12.8. The van der Waals surface area contributed by atoms with E-state index in [9.17, 15) is 30.3 Å². The van der Waals surface area contributed by atoms with E-state index in [2.05, 4.69) is 20.8 Å². The number of fused-ring (bicyclic) bond motifs is 5. The molecule has 0 aliphatic heterocycles. The molecule has 35 heavy (non-hydrogen) atoms. The van der Waals surface area contributed by atoms with Crippen LogP contribution >= 0.6 is 0 Å². The van der Waals surface area contributed by atoms with Gasteiger partial charge in [-0.25, -0.2) is 0 Å². The van der Waals surface area contributed by atoms with Crippen molar-refractivity contribution < 1.29 is 30.3 Å². The number of aliphatic hydroxyl groups excluding tert-OH is 2. The fourth-order valence-corrected chi connectivity index (χ4v) is 9.91. The summed E-state index contributed by atoms with van der Waals surface area (Å²) in [4.78, 5) is 11.2. The van der Waals surface area contributed by atoms with Gasteiger partial charge in [-0.3, -0.25) is 9.36 Å². The summed E-state index contributed by atoms with van der Waals surface area (Å²) in [5.74, 6) is 1.19. The average Bonchev–Trinajstić information content (AvgIpc) is 3.32. The van der Waals surface area contributed by atoms with Crippen LogP contribution in [0.4, 0.5) is 0 Å². The Morgan fingerprint density at radius 3 is 2.34 bits per heavy atom. The molecule has 4 aliphatic rings. The van der Waals surface area contributed by atoms with Gasteiger partial charge in [-0.15, -0.1) is 0 Å². The van der Waals surface area contributed by atoms with Crippen molar-refractivity contribution in [3.63, 3.8) is 0 Å². The zero-order valence-corrected chi connectivity index (χ0v) is 21.3. The van der Waals surface area contributed by atoms with E-state index in [4.69, 9.17) is 0 Å². The van der Waals surface area contributed by atoms with Gasteiger partial charge in [-0.1, -0.05) is 20.8 Å². The molecule has 1 aromatic heterocycles. The summed E-state index contributed by atoms with van der Waals surface area (Å²) in [6.07, 6.45) is 5.96. The Morgan fingerprint density at radius 2 is 1.69 bits per heavy atom. The molecular formula is C28H43NO6. The number of hydrogen-bond donors (Lipinski definition) is 5. The fraction of sp³-hybridized carbons (Fsp3) is 0.821. The summed E-state index contributed by atoms with van der Waals surface area (Å²) in [5.41, 5.74) is -0.477. The van der Waals surface area contributed by atoms with Crippen molar-refractivity contribution in [1.29, 1.82) is 0 Å². The summed E-state index contributed by atoms with van der Waals surface area (Å²) >= 11 is 0. The molecule has 196 valence electrons. The van der Waals surface area contributed by atoms with E-state index in [0.29, 0.717) is 37.0 Å². The van der Waals surface area contributed by atoms with Crippen LogP contribution in [0.1, 0.15) is 84.6 Å². The molecule has 1 heterocycles. The topological polar surface area (TPSA) is 123 Å². The molecule has 5 rings (SSSR count). The first kappa shape index (κ1) is 24.9. The van der Waals surface area contributed by atoms with Crippen molar-refractivity contribution in [3.8, 4) is 11.8 Å². The highest BCUT2D eigenvalue weighted by Crippen LogP contribution is 2.70. The Labute approximate surface area is 208 Å². The number of nitrogens with zero attached hydrogens (tertiary/aromatic N) is 1. The van der Waals surface area contributed by atoms with Crippen molar-refractivity contribution in [1.82, 2.24) is 4.57 Å². The fourth-order valence-electron chi connectivity index (χ4n) is 9.91. The zero-order chi connectivity index (χ0) is 25.3. The Bertz CT molecular complexity index is 942. The lowest BCUT2D eigenvalue weighted by Gasteiger charge is -2.64. The number of aliphatic carboxylic acids is 1. The molecule has 1 aromatic rings. The lowest BCUT2D eigenvalue weighted by atomic mass is 9.42. The van der Waals surface area contributed by atoms with Crippen molar-refractivity contribution >= 4 is 5.97 Å². The number of rotatable bonds is 5. The van der Waals surface area contributed by atoms with E-state index < -0.39 is 18.2 Å². The van der Waals surface area contributed by atoms with Crippen molar-refractivity contribution in [2.24, 2.45) is 46.3 Å². The highest BCUT2D eigenvalue weighted by Gasteiger charge is 2.65. The highest BCUT2D eigenvalue weighted by atomic mass is 16.4. The molecule has 0 spiro atoms. The van der Waals surface area contributed by atoms with Crippen molar-refractivity contribution in [2.45, 2.75) is 96.8 Å². The molecule has 4 aliphatic carbocycles. The number of carbonyl (C=O) groups is 1. The molecule has 5 N–H and O–H groups in total. The highest BCUT2D eigenvalue weighted by molar-refractivity contribution is 5.66. The van der Waals surface area contributed by atoms with Crippen LogP contribution in [0.2, 0.25) is 0 Å². The van der Waals surface area contributed by atoms with Crippen LogP contribution in [-0.2, 0) is 4.79 Å². The van der Waals surface area contributed by atoms with Crippen LogP contribution in [0.15, 0.2) is 12.1 Å². The van der Waals surface area contributed by atoms with Crippen molar-refractivity contribution in [2.75, 3.05) is 0 Å². The second-order valence-electron chi connectivity index (χ2n) is 12.8. The van der Waals surface area contributed by atoms with E-state index in [-0.39, 0.29) is 52.8 Å². The minimum Gasteiger partial charge on any atom is -0.494 e. The number of aromatic hydroxyl groups is 2. The zero-order valence-electron chi connectivity index (χ0n) is 21.3. The molecule has 0 radical (unpaired) electrons. The molecular weight excluding hydrogens is 446 g/mol. The minimum absolute atomic E-state index is 0.0260. The SMILES string of the molecule is C[C@H](CCC(=O)O)[C@H]1CC[C@H]2[C@@H]3CC[C@@H]4C[C@H](O)CC(n5c(O)ccc5O)[C@]4(C)[C@H]3C[C@H](O)[C@]12C. The van der Waals surface area contributed by atoms with E-state index in [1.54, 1.807) is 4.57 Å². The summed E-state index contributed by atoms with van der Waals surface area (Å²) in [5, 5.41) is 53.0. The molecule has 7 nitrogen and oxygen atoms in total. The predicted octanol–water partition coefficient (Wildman–Crippen LogP) is 4.54. The van der Waals surface area contributed by atoms with Gasteiger partial charge < -0.3 is 25.5 Å². The van der Waals surface area contributed by atoms with Crippen LogP contribution in [0.5, 0.6) is 11.8 Å². The van der Waals surface area contributed by atoms with E-state index in [0.717, 1.165) is 32.1 Å². The van der Waals surface area contributed by atoms with Crippen LogP contribution in [0.3, 0.4) is 0 Å². The largest absolute Gasteiger partial charge is 0.494 e. The molecule has 0 saturated heterocycles. The second kappa shape index (κ2) is 8.69. The Kier molecular flexibility index (Phi) is 6.19. The normalized spacial score (nSPS) is 45.9. The van der Waals surface area contributed by atoms with Gasteiger partial charge in [0.25, 0.3) is 0 Å². The Hall–Kier alpha value is -1.73. The molecule has 11 atom stereocenters. The third kappa shape index (κ3) is 3.63. The molecule has 1 unspecified atom stereocenters. The maximum absolute atomic E-state index is 11.8. The summed E-state index contributed by atoms with van der Waals surface area (Å²) in [6.45, 7) is 6.70. The molecule has 0 bridgehead atoms. The third-order valence-corrected chi connectivity index (χ3v) is 11.6. The standard InChI is InChI=1S/C28H43NO6/c1-15(4-11-26(34)35)19-7-8-20-18-6-5-16-12-17(30)13-22(29-24(32)9-10-25(29)33)27(16,2)21(18)14-23(31)28(19,20)3/h9-10,15-23,30-33H,4-8,11-14H2,1-3H3,(H,34,35)/t15-,16-,17+,18+,19-,20+,21+,22?,23+,27+,28-/m1/s1. The Morgan fingerprint density at radius 1 is 1.00 bits per heavy atom. The first-order chi connectivity index (χ1) is 16.5. The average molecular weight is 490 g/mol. The van der Waals surface area contributed by atoms with Crippen LogP contribution in [0.25, 0.3) is 0 Å². The molecule has 0 aromatic carbocycles. The smallest absolute Gasteiger partial charge is 0.303 e. The minimum atomic E-state index is -0.755. The van der Waals surface area contributed by atoms with Gasteiger partial charge in [0.2, 0.25) is 0 Å². The molecule has 7 heteroatoms. The summed E-state index contributed by atoms with van der Waals surface area (Å²) in [7, 11) is 0. The first-order valence-electron chi connectivity index (χ1n) is 13.7.